The highest BCUT2D eigenvalue weighted by molar-refractivity contribution is 14.1. The SMILES string of the molecule is CNCC1C=CC=CC(CI)=C1. The van der Waals surface area contributed by atoms with E-state index in [9.17, 15) is 0 Å². The first-order valence-corrected chi connectivity index (χ1v) is 5.65. The topological polar surface area (TPSA) is 12.0 Å². The van der Waals surface area contributed by atoms with Crippen molar-refractivity contribution >= 4 is 22.6 Å². The van der Waals surface area contributed by atoms with Crippen LogP contribution in [0.4, 0.5) is 0 Å². The van der Waals surface area contributed by atoms with Gasteiger partial charge in [0.25, 0.3) is 0 Å². The van der Waals surface area contributed by atoms with Gasteiger partial charge in [-0.15, -0.1) is 0 Å². The number of alkyl halides is 1. The Morgan fingerprint density at radius 1 is 1.50 bits per heavy atom. The van der Waals surface area contributed by atoms with E-state index in [1.807, 2.05) is 7.05 Å². The molecule has 0 bridgehead atoms. The van der Waals surface area contributed by atoms with E-state index in [1.54, 1.807) is 0 Å². The Kier molecular flexibility index (Phi) is 4.61. The highest BCUT2D eigenvalue weighted by atomic mass is 127. The number of nitrogens with one attached hydrogen (secondary N) is 1. The van der Waals surface area contributed by atoms with Crippen LogP contribution in [0.25, 0.3) is 0 Å². The molecule has 1 N–H and O–H groups in total. The van der Waals surface area contributed by atoms with E-state index < -0.39 is 0 Å². The summed E-state index contributed by atoms with van der Waals surface area (Å²) in [7, 11) is 1.99. The zero-order valence-corrected chi connectivity index (χ0v) is 9.41. The van der Waals surface area contributed by atoms with Crippen LogP contribution in [-0.4, -0.2) is 18.0 Å². The van der Waals surface area contributed by atoms with Crippen LogP contribution in [0.15, 0.2) is 36.0 Å². The van der Waals surface area contributed by atoms with Crippen LogP contribution >= 0.6 is 22.6 Å². The largest absolute Gasteiger partial charge is 0.319 e. The van der Waals surface area contributed by atoms with E-state index in [4.69, 9.17) is 0 Å². The van der Waals surface area contributed by atoms with E-state index in [0.29, 0.717) is 5.92 Å². The smallest absolute Gasteiger partial charge is 0.0244 e. The second-order valence-corrected chi connectivity index (χ2v) is 3.60. The lowest BCUT2D eigenvalue weighted by Gasteiger charge is -2.06. The van der Waals surface area contributed by atoms with E-state index in [0.717, 1.165) is 11.0 Å². The lowest BCUT2D eigenvalue weighted by atomic mass is 10.1. The van der Waals surface area contributed by atoms with Crippen molar-refractivity contribution in [2.45, 2.75) is 0 Å². The molecule has 1 aliphatic carbocycles. The molecule has 1 unspecified atom stereocenters. The minimum atomic E-state index is 0.551. The molecule has 0 radical (unpaired) electrons. The molecular weight excluding hydrogens is 261 g/mol. The molecule has 0 fully saturated rings. The van der Waals surface area contributed by atoms with Crippen molar-refractivity contribution in [2.24, 2.45) is 5.92 Å². The molecule has 1 atom stereocenters. The standard InChI is InChI=1S/C10H14IN/c1-12-8-10-5-3-2-4-9(6-10)7-11/h2-6,10,12H,7-8H2,1H3. The molecular formula is C10H14IN. The van der Waals surface area contributed by atoms with Crippen LogP contribution in [0.3, 0.4) is 0 Å². The fourth-order valence-corrected chi connectivity index (χ4v) is 1.73. The van der Waals surface area contributed by atoms with Crippen LogP contribution in [0.5, 0.6) is 0 Å². The molecule has 0 aliphatic heterocycles. The Morgan fingerprint density at radius 3 is 3.00 bits per heavy atom. The van der Waals surface area contributed by atoms with Gasteiger partial charge in [-0.25, -0.2) is 0 Å². The van der Waals surface area contributed by atoms with Crippen LogP contribution in [0.1, 0.15) is 0 Å². The van der Waals surface area contributed by atoms with E-state index in [-0.39, 0.29) is 0 Å². The molecule has 0 saturated heterocycles. The number of hydrogen-bond donors (Lipinski definition) is 1. The highest BCUT2D eigenvalue weighted by Gasteiger charge is 2.02. The molecule has 0 saturated carbocycles. The molecule has 0 amide bonds. The summed E-state index contributed by atoms with van der Waals surface area (Å²) in [5, 5.41) is 3.18. The summed E-state index contributed by atoms with van der Waals surface area (Å²) < 4.78 is 1.09. The summed E-state index contributed by atoms with van der Waals surface area (Å²) >= 11 is 2.39. The number of halogens is 1. The van der Waals surface area contributed by atoms with Crippen molar-refractivity contribution in [3.8, 4) is 0 Å². The average Bonchev–Trinajstić information content (AvgIpc) is 2.30. The summed E-state index contributed by atoms with van der Waals surface area (Å²) in [5.74, 6) is 0.551. The van der Waals surface area contributed by atoms with Crippen LogP contribution < -0.4 is 5.32 Å². The van der Waals surface area contributed by atoms with Gasteiger partial charge < -0.3 is 5.32 Å². The molecule has 0 heterocycles. The second kappa shape index (κ2) is 5.54. The zero-order chi connectivity index (χ0) is 8.81. The van der Waals surface area contributed by atoms with E-state index in [1.165, 1.54) is 5.57 Å². The van der Waals surface area contributed by atoms with Gasteiger partial charge in [-0.3, -0.25) is 0 Å². The molecule has 66 valence electrons. The van der Waals surface area contributed by atoms with Crippen molar-refractivity contribution in [2.75, 3.05) is 18.0 Å². The normalized spacial score (nSPS) is 22.2. The first kappa shape index (κ1) is 9.99. The van der Waals surface area contributed by atoms with Gasteiger partial charge in [0.1, 0.15) is 0 Å². The minimum Gasteiger partial charge on any atom is -0.319 e. The van der Waals surface area contributed by atoms with E-state index >= 15 is 0 Å². The predicted molar refractivity (Wildman–Crippen MR) is 62.7 cm³/mol. The van der Waals surface area contributed by atoms with Gasteiger partial charge in [0.2, 0.25) is 0 Å². The quantitative estimate of drug-likeness (QED) is 0.615. The van der Waals surface area contributed by atoms with Gasteiger partial charge >= 0.3 is 0 Å². The predicted octanol–water partition coefficient (Wildman–Crippen LogP) is 2.31. The fourth-order valence-electron chi connectivity index (χ4n) is 1.22. The summed E-state index contributed by atoms with van der Waals surface area (Å²) in [5.41, 5.74) is 1.42. The molecule has 0 aromatic rings. The second-order valence-electron chi connectivity index (χ2n) is 2.84. The van der Waals surface area contributed by atoms with Crippen molar-refractivity contribution in [1.29, 1.82) is 0 Å². The molecule has 0 aromatic heterocycles. The average molecular weight is 275 g/mol. The Morgan fingerprint density at radius 2 is 2.33 bits per heavy atom. The molecule has 0 spiro atoms. The third kappa shape index (κ3) is 3.11. The molecule has 0 aromatic carbocycles. The van der Waals surface area contributed by atoms with Crippen molar-refractivity contribution in [3.05, 3.63) is 36.0 Å². The molecule has 1 rings (SSSR count). The van der Waals surface area contributed by atoms with Crippen LogP contribution in [0, 0.1) is 5.92 Å². The fraction of sp³-hybridized carbons (Fsp3) is 0.400. The molecule has 1 nitrogen and oxygen atoms in total. The summed E-state index contributed by atoms with van der Waals surface area (Å²) in [6, 6.07) is 0. The van der Waals surface area contributed by atoms with Crippen molar-refractivity contribution < 1.29 is 0 Å². The molecule has 1 aliphatic rings. The summed E-state index contributed by atoms with van der Waals surface area (Å²) in [6.07, 6.45) is 11.0. The van der Waals surface area contributed by atoms with Crippen molar-refractivity contribution in [1.82, 2.24) is 5.32 Å². The van der Waals surface area contributed by atoms with Gasteiger partial charge in [0.05, 0.1) is 0 Å². The van der Waals surface area contributed by atoms with E-state index in [2.05, 4.69) is 58.3 Å². The Balaban J connectivity index is 2.64. The number of rotatable bonds is 3. The Hall–Kier alpha value is -0.0900. The van der Waals surface area contributed by atoms with Crippen LogP contribution in [0.2, 0.25) is 0 Å². The zero-order valence-electron chi connectivity index (χ0n) is 7.26. The maximum atomic E-state index is 3.18. The summed E-state index contributed by atoms with van der Waals surface area (Å²) in [4.78, 5) is 0. The van der Waals surface area contributed by atoms with Gasteiger partial charge in [-0.05, 0) is 12.6 Å². The third-order valence-corrected chi connectivity index (χ3v) is 2.68. The molecule has 12 heavy (non-hydrogen) atoms. The van der Waals surface area contributed by atoms with Crippen molar-refractivity contribution in [3.63, 3.8) is 0 Å². The summed E-state index contributed by atoms with van der Waals surface area (Å²) in [6.45, 7) is 1.03. The monoisotopic (exact) mass is 275 g/mol. The number of allylic oxidation sites excluding steroid dienone is 4. The maximum absolute atomic E-state index is 3.18. The first-order valence-electron chi connectivity index (χ1n) is 4.13. The van der Waals surface area contributed by atoms with Crippen LogP contribution in [-0.2, 0) is 0 Å². The van der Waals surface area contributed by atoms with Gasteiger partial charge in [-0.2, -0.15) is 0 Å². The number of hydrogen-bond acceptors (Lipinski definition) is 1. The van der Waals surface area contributed by atoms with Gasteiger partial charge in [-0.1, -0.05) is 53.0 Å². The lowest BCUT2D eigenvalue weighted by Crippen LogP contribution is -2.15. The Labute approximate surface area is 87.8 Å². The molecule has 2 heteroatoms. The minimum absolute atomic E-state index is 0.551. The van der Waals surface area contributed by atoms with Gasteiger partial charge in [0, 0.05) is 16.9 Å². The first-order chi connectivity index (χ1) is 5.86. The van der Waals surface area contributed by atoms with Gasteiger partial charge in [0.15, 0.2) is 0 Å². The lowest BCUT2D eigenvalue weighted by molar-refractivity contribution is 0.700. The maximum Gasteiger partial charge on any atom is 0.0244 e. The third-order valence-electron chi connectivity index (χ3n) is 1.80. The highest BCUT2D eigenvalue weighted by Crippen LogP contribution is 2.12. The Bertz CT molecular complexity index is 216.